The maximum Gasteiger partial charge on any atom is 0.433 e. The van der Waals surface area contributed by atoms with Crippen molar-refractivity contribution in [3.63, 3.8) is 0 Å². The van der Waals surface area contributed by atoms with E-state index in [9.17, 15) is 13.2 Å². The average Bonchev–Trinajstić information content (AvgIpc) is 3.23. The molecule has 0 saturated carbocycles. The second-order valence-corrected chi connectivity index (χ2v) is 7.98. The Hall–Kier alpha value is -2.41. The summed E-state index contributed by atoms with van der Waals surface area (Å²) >= 11 is 1.38. The largest absolute Gasteiger partial charge is 0.433 e. The van der Waals surface area contributed by atoms with Crippen molar-refractivity contribution in [2.45, 2.75) is 25.4 Å². The zero-order valence-corrected chi connectivity index (χ0v) is 16.0. The number of thiophene rings is 1. The molecule has 0 aliphatic carbocycles. The molecule has 2 aromatic heterocycles. The van der Waals surface area contributed by atoms with Crippen LogP contribution < -0.4 is 4.90 Å². The third-order valence-corrected chi connectivity index (χ3v) is 5.94. The molecule has 146 valence electrons. The Balaban J connectivity index is 1.52. The summed E-state index contributed by atoms with van der Waals surface area (Å²) in [6.07, 6.45) is -1.65. The fraction of sp³-hybridized carbons (Fsp3) is 0.333. The van der Waals surface area contributed by atoms with E-state index < -0.39 is 11.9 Å². The molecular weight excluding hydrogens is 383 g/mol. The summed E-state index contributed by atoms with van der Waals surface area (Å²) in [5.74, 6) is 0.706. The van der Waals surface area contributed by atoms with E-state index in [4.69, 9.17) is 0 Å². The normalized spacial score (nSPS) is 15.8. The van der Waals surface area contributed by atoms with Crippen LogP contribution in [0.3, 0.4) is 0 Å². The molecule has 7 heteroatoms. The van der Waals surface area contributed by atoms with Crippen LogP contribution in [0.5, 0.6) is 0 Å². The summed E-state index contributed by atoms with van der Waals surface area (Å²) in [6, 6.07) is 14.9. The van der Waals surface area contributed by atoms with E-state index in [1.807, 2.05) is 34.5 Å². The molecule has 1 fully saturated rings. The van der Waals surface area contributed by atoms with Gasteiger partial charge in [-0.3, -0.25) is 0 Å². The lowest BCUT2D eigenvalue weighted by molar-refractivity contribution is -0.141. The molecule has 4 rings (SSSR count). The van der Waals surface area contributed by atoms with Crippen molar-refractivity contribution in [3.8, 4) is 10.6 Å². The first-order valence-electron chi connectivity index (χ1n) is 9.28. The van der Waals surface area contributed by atoms with E-state index in [1.165, 1.54) is 16.9 Å². The molecule has 28 heavy (non-hydrogen) atoms. The number of alkyl halides is 3. The Morgan fingerprint density at radius 3 is 2.39 bits per heavy atom. The summed E-state index contributed by atoms with van der Waals surface area (Å²) < 4.78 is 40.1. The monoisotopic (exact) mass is 403 g/mol. The number of piperidine rings is 1. The van der Waals surface area contributed by atoms with Crippen LogP contribution in [0.25, 0.3) is 10.6 Å². The van der Waals surface area contributed by atoms with E-state index in [0.29, 0.717) is 29.6 Å². The number of anilines is 1. The number of nitrogens with zero attached hydrogens (tertiary/aromatic N) is 3. The van der Waals surface area contributed by atoms with Gasteiger partial charge in [0.2, 0.25) is 5.95 Å². The molecule has 0 atom stereocenters. The fourth-order valence-corrected chi connectivity index (χ4v) is 4.24. The molecule has 3 heterocycles. The van der Waals surface area contributed by atoms with Crippen LogP contribution >= 0.6 is 11.3 Å². The lowest BCUT2D eigenvalue weighted by Crippen LogP contribution is -2.36. The third-order valence-electron chi connectivity index (χ3n) is 5.04. The Morgan fingerprint density at radius 1 is 1.00 bits per heavy atom. The topological polar surface area (TPSA) is 29.0 Å². The van der Waals surface area contributed by atoms with Crippen LogP contribution in [0.15, 0.2) is 53.9 Å². The molecule has 0 radical (unpaired) electrons. The maximum absolute atomic E-state index is 13.4. The molecule has 1 saturated heterocycles. The van der Waals surface area contributed by atoms with Crippen LogP contribution in [-0.4, -0.2) is 23.1 Å². The van der Waals surface area contributed by atoms with E-state index in [0.717, 1.165) is 25.3 Å². The molecule has 0 bridgehead atoms. The Bertz CT molecular complexity index is 902. The predicted octanol–water partition coefficient (Wildman–Crippen LogP) is 5.68. The van der Waals surface area contributed by atoms with Crippen molar-refractivity contribution in [1.29, 1.82) is 0 Å². The average molecular weight is 403 g/mol. The zero-order valence-electron chi connectivity index (χ0n) is 15.2. The van der Waals surface area contributed by atoms with Gasteiger partial charge >= 0.3 is 6.18 Å². The van der Waals surface area contributed by atoms with Gasteiger partial charge < -0.3 is 4.90 Å². The van der Waals surface area contributed by atoms with Crippen molar-refractivity contribution >= 4 is 17.3 Å². The highest BCUT2D eigenvalue weighted by Crippen LogP contribution is 2.34. The van der Waals surface area contributed by atoms with E-state index in [1.54, 1.807) is 6.07 Å². The molecule has 1 aromatic carbocycles. The van der Waals surface area contributed by atoms with Crippen LogP contribution in [0.4, 0.5) is 19.1 Å². The molecule has 1 aliphatic heterocycles. The molecule has 3 aromatic rings. The lowest BCUT2D eigenvalue weighted by atomic mass is 9.90. The summed E-state index contributed by atoms with van der Waals surface area (Å²) in [6.45, 7) is 1.34. The summed E-state index contributed by atoms with van der Waals surface area (Å²) in [5, 5.41) is 1.83. The van der Waals surface area contributed by atoms with Crippen LogP contribution in [0.1, 0.15) is 24.1 Å². The predicted molar refractivity (Wildman–Crippen MR) is 105 cm³/mol. The van der Waals surface area contributed by atoms with Gasteiger partial charge in [-0.25, -0.2) is 9.97 Å². The highest BCUT2D eigenvalue weighted by molar-refractivity contribution is 7.13. The van der Waals surface area contributed by atoms with Crippen LogP contribution in [0, 0.1) is 5.92 Å². The van der Waals surface area contributed by atoms with Crippen molar-refractivity contribution < 1.29 is 13.2 Å². The summed E-state index contributed by atoms with van der Waals surface area (Å²) in [4.78, 5) is 10.9. The maximum atomic E-state index is 13.4. The minimum atomic E-state index is -4.49. The van der Waals surface area contributed by atoms with Gasteiger partial charge in [0.1, 0.15) is 0 Å². The molecule has 0 amide bonds. The zero-order chi connectivity index (χ0) is 19.6. The number of rotatable bonds is 4. The first-order chi connectivity index (χ1) is 13.5. The smallest absolute Gasteiger partial charge is 0.341 e. The number of benzene rings is 1. The Morgan fingerprint density at radius 2 is 1.75 bits per heavy atom. The van der Waals surface area contributed by atoms with Gasteiger partial charge in [-0.05, 0) is 48.3 Å². The minimum absolute atomic E-state index is 0.177. The standard InChI is InChI=1S/C21H20F3N3S/c22-21(23,24)19-14-17(18-7-4-12-28-18)25-20(26-19)27-10-8-16(9-11-27)13-15-5-2-1-3-6-15/h1-7,12,14,16H,8-11,13H2. The van der Waals surface area contributed by atoms with Gasteiger partial charge in [0.15, 0.2) is 5.69 Å². The van der Waals surface area contributed by atoms with Gasteiger partial charge in [-0.1, -0.05) is 36.4 Å². The Labute approximate surface area is 165 Å². The SMILES string of the molecule is FC(F)(F)c1cc(-c2cccs2)nc(N2CCC(Cc3ccccc3)CC2)n1. The first-order valence-corrected chi connectivity index (χ1v) is 10.2. The quantitative estimate of drug-likeness (QED) is 0.561. The summed E-state index contributed by atoms with van der Waals surface area (Å²) in [5.41, 5.74) is 0.752. The molecular formula is C21H20F3N3S. The van der Waals surface area contributed by atoms with Crippen molar-refractivity contribution in [1.82, 2.24) is 9.97 Å². The molecule has 1 aliphatic rings. The van der Waals surface area contributed by atoms with Crippen molar-refractivity contribution in [2.24, 2.45) is 5.92 Å². The highest BCUT2D eigenvalue weighted by atomic mass is 32.1. The lowest BCUT2D eigenvalue weighted by Gasteiger charge is -2.32. The molecule has 0 unspecified atom stereocenters. The van der Waals surface area contributed by atoms with Crippen LogP contribution in [-0.2, 0) is 12.6 Å². The Kier molecular flexibility index (Phi) is 5.35. The van der Waals surface area contributed by atoms with Crippen LogP contribution in [0.2, 0.25) is 0 Å². The third kappa shape index (κ3) is 4.35. The van der Waals surface area contributed by atoms with E-state index >= 15 is 0 Å². The van der Waals surface area contributed by atoms with E-state index in [2.05, 4.69) is 22.1 Å². The second-order valence-electron chi connectivity index (χ2n) is 7.03. The fourth-order valence-electron chi connectivity index (χ4n) is 3.56. The minimum Gasteiger partial charge on any atom is -0.341 e. The van der Waals surface area contributed by atoms with E-state index in [-0.39, 0.29) is 5.95 Å². The summed E-state index contributed by atoms with van der Waals surface area (Å²) in [7, 11) is 0. The molecule has 0 spiro atoms. The highest BCUT2D eigenvalue weighted by Gasteiger charge is 2.35. The number of hydrogen-bond acceptors (Lipinski definition) is 4. The first kappa shape index (κ1) is 18.9. The van der Waals surface area contributed by atoms with Crippen molar-refractivity contribution in [2.75, 3.05) is 18.0 Å². The van der Waals surface area contributed by atoms with Gasteiger partial charge in [0.25, 0.3) is 0 Å². The van der Waals surface area contributed by atoms with Gasteiger partial charge in [-0.15, -0.1) is 11.3 Å². The molecule has 0 N–H and O–H groups in total. The van der Waals surface area contributed by atoms with Gasteiger partial charge in [-0.2, -0.15) is 13.2 Å². The number of hydrogen-bond donors (Lipinski definition) is 0. The number of aromatic nitrogens is 2. The van der Waals surface area contributed by atoms with Gasteiger partial charge in [0, 0.05) is 13.1 Å². The second kappa shape index (κ2) is 7.91. The van der Waals surface area contributed by atoms with Gasteiger partial charge in [0.05, 0.1) is 10.6 Å². The van der Waals surface area contributed by atoms with Crippen molar-refractivity contribution in [3.05, 3.63) is 65.2 Å². The molecule has 3 nitrogen and oxygen atoms in total. The number of halogens is 3.